The standard InChI is InChI=1S/C19H23N3O5/c1-3-4-11-22-16-8-6-5-7-14(16)21-15(19(22)26)9-10-18(25)27-12-17(24)20-13(2)23/h5-8H,3-4,9-12H2,1-2H3,(H,20,23,24). The minimum absolute atomic E-state index is 0.0816. The molecule has 1 aromatic carbocycles. The lowest BCUT2D eigenvalue weighted by Crippen LogP contribution is -2.32. The number of carbonyl (C=O) groups is 3. The summed E-state index contributed by atoms with van der Waals surface area (Å²) >= 11 is 0. The van der Waals surface area contributed by atoms with Crippen molar-refractivity contribution in [3.05, 3.63) is 40.3 Å². The van der Waals surface area contributed by atoms with Gasteiger partial charge in [-0.05, 0) is 18.6 Å². The molecular formula is C19H23N3O5. The second-order valence-corrected chi connectivity index (χ2v) is 6.12. The molecule has 2 amide bonds. The molecule has 0 aliphatic heterocycles. The first kappa shape index (κ1) is 20.3. The predicted molar refractivity (Wildman–Crippen MR) is 99.0 cm³/mol. The maximum Gasteiger partial charge on any atom is 0.306 e. The SMILES string of the molecule is CCCCn1c(=O)c(CCC(=O)OCC(=O)NC(C)=O)nc2ccccc21. The second-order valence-electron chi connectivity index (χ2n) is 6.12. The highest BCUT2D eigenvalue weighted by Gasteiger charge is 2.14. The zero-order chi connectivity index (χ0) is 19.8. The summed E-state index contributed by atoms with van der Waals surface area (Å²) in [6, 6.07) is 7.38. The third-order valence-corrected chi connectivity index (χ3v) is 3.90. The molecule has 0 aliphatic carbocycles. The first-order valence-corrected chi connectivity index (χ1v) is 8.87. The van der Waals surface area contributed by atoms with Crippen molar-refractivity contribution in [2.24, 2.45) is 0 Å². The Labute approximate surface area is 156 Å². The number of nitrogens with one attached hydrogen (secondary N) is 1. The molecule has 8 nitrogen and oxygen atoms in total. The van der Waals surface area contributed by atoms with Crippen molar-refractivity contribution in [2.45, 2.75) is 46.1 Å². The molecule has 144 valence electrons. The highest BCUT2D eigenvalue weighted by molar-refractivity contribution is 5.95. The van der Waals surface area contributed by atoms with Crippen molar-refractivity contribution in [2.75, 3.05) is 6.61 Å². The smallest absolute Gasteiger partial charge is 0.306 e. The summed E-state index contributed by atoms with van der Waals surface area (Å²) in [5, 5.41) is 2.01. The third kappa shape index (κ3) is 5.73. The maximum absolute atomic E-state index is 12.7. The van der Waals surface area contributed by atoms with Crippen LogP contribution in [0.4, 0.5) is 0 Å². The number of carbonyl (C=O) groups excluding carboxylic acids is 3. The van der Waals surface area contributed by atoms with Crippen LogP contribution in [0.3, 0.4) is 0 Å². The fourth-order valence-electron chi connectivity index (χ4n) is 2.62. The van der Waals surface area contributed by atoms with Crippen LogP contribution in [0.1, 0.15) is 38.8 Å². The van der Waals surface area contributed by atoms with Crippen molar-refractivity contribution in [1.82, 2.24) is 14.9 Å². The number of nitrogens with zero attached hydrogens (tertiary/aromatic N) is 2. The molecule has 0 fully saturated rings. The number of para-hydroxylation sites is 2. The molecule has 2 rings (SSSR count). The minimum atomic E-state index is -0.693. The van der Waals surface area contributed by atoms with E-state index in [1.54, 1.807) is 4.57 Å². The molecule has 0 spiro atoms. The average molecular weight is 373 g/mol. The predicted octanol–water partition coefficient (Wildman–Crippen LogP) is 1.34. The van der Waals surface area contributed by atoms with Gasteiger partial charge in [-0.25, -0.2) is 4.98 Å². The van der Waals surface area contributed by atoms with Crippen LogP contribution in [-0.2, 0) is 32.1 Å². The number of aromatic nitrogens is 2. The summed E-state index contributed by atoms with van der Waals surface area (Å²) in [6.45, 7) is 3.29. The lowest BCUT2D eigenvalue weighted by molar-refractivity contribution is -0.149. The molecule has 0 unspecified atom stereocenters. The molecule has 1 aromatic heterocycles. The molecular weight excluding hydrogens is 350 g/mol. The monoisotopic (exact) mass is 373 g/mol. The lowest BCUT2D eigenvalue weighted by atomic mass is 10.2. The average Bonchev–Trinajstić information content (AvgIpc) is 2.63. The number of hydrogen-bond donors (Lipinski definition) is 1. The van der Waals surface area contributed by atoms with E-state index in [0.29, 0.717) is 12.1 Å². The second kappa shape index (κ2) is 9.61. The van der Waals surface area contributed by atoms with Crippen molar-refractivity contribution in [3.8, 4) is 0 Å². The van der Waals surface area contributed by atoms with Gasteiger partial charge in [0, 0.05) is 19.9 Å². The van der Waals surface area contributed by atoms with Gasteiger partial charge >= 0.3 is 5.97 Å². The number of esters is 1. The van der Waals surface area contributed by atoms with Crippen LogP contribution in [0, 0.1) is 0 Å². The molecule has 0 bridgehead atoms. The van der Waals surface area contributed by atoms with E-state index in [9.17, 15) is 19.2 Å². The molecule has 1 N–H and O–H groups in total. The Kier molecular flexibility index (Phi) is 7.22. The number of fused-ring (bicyclic) bond motifs is 1. The van der Waals surface area contributed by atoms with Gasteiger partial charge in [0.2, 0.25) is 5.91 Å². The summed E-state index contributed by atoms with van der Waals surface area (Å²) in [4.78, 5) is 51.0. The molecule has 8 heteroatoms. The van der Waals surface area contributed by atoms with Gasteiger partial charge in [0.05, 0.1) is 17.5 Å². The van der Waals surface area contributed by atoms with E-state index in [1.165, 1.54) is 6.92 Å². The van der Waals surface area contributed by atoms with E-state index in [-0.39, 0.29) is 24.1 Å². The molecule has 0 atom stereocenters. The van der Waals surface area contributed by atoms with Crippen LogP contribution < -0.4 is 10.9 Å². The van der Waals surface area contributed by atoms with Gasteiger partial charge in [-0.15, -0.1) is 0 Å². The van der Waals surface area contributed by atoms with Gasteiger partial charge in [-0.2, -0.15) is 0 Å². The van der Waals surface area contributed by atoms with Gasteiger partial charge in [0.1, 0.15) is 5.69 Å². The fourth-order valence-corrected chi connectivity index (χ4v) is 2.62. The van der Waals surface area contributed by atoms with E-state index in [2.05, 4.69) is 4.98 Å². The quantitative estimate of drug-likeness (QED) is 0.700. The number of benzene rings is 1. The van der Waals surface area contributed by atoms with Gasteiger partial charge < -0.3 is 9.30 Å². The summed E-state index contributed by atoms with van der Waals surface area (Å²) in [5.74, 6) is -1.85. The minimum Gasteiger partial charge on any atom is -0.456 e. The number of aryl methyl sites for hydroxylation is 2. The summed E-state index contributed by atoms with van der Waals surface area (Å²) < 4.78 is 6.50. The Hall–Kier alpha value is -3.03. The van der Waals surface area contributed by atoms with Crippen molar-refractivity contribution >= 4 is 28.8 Å². The van der Waals surface area contributed by atoms with Crippen molar-refractivity contribution < 1.29 is 19.1 Å². The largest absolute Gasteiger partial charge is 0.456 e. The normalized spacial score (nSPS) is 10.6. The zero-order valence-corrected chi connectivity index (χ0v) is 15.5. The zero-order valence-electron chi connectivity index (χ0n) is 15.5. The third-order valence-electron chi connectivity index (χ3n) is 3.90. The number of unbranched alkanes of at least 4 members (excludes halogenated alkanes) is 1. The van der Waals surface area contributed by atoms with E-state index in [1.807, 2.05) is 36.5 Å². The topological polar surface area (TPSA) is 107 Å². The van der Waals surface area contributed by atoms with Crippen LogP contribution >= 0.6 is 0 Å². The summed E-state index contributed by atoms with van der Waals surface area (Å²) in [7, 11) is 0. The van der Waals surface area contributed by atoms with Crippen LogP contribution in [0.15, 0.2) is 29.1 Å². The Morgan fingerprint density at radius 3 is 2.67 bits per heavy atom. The first-order valence-electron chi connectivity index (χ1n) is 8.87. The van der Waals surface area contributed by atoms with Crippen LogP contribution in [0.2, 0.25) is 0 Å². The van der Waals surface area contributed by atoms with Crippen molar-refractivity contribution in [1.29, 1.82) is 0 Å². The number of ether oxygens (including phenoxy) is 1. The van der Waals surface area contributed by atoms with E-state index >= 15 is 0 Å². The first-order chi connectivity index (χ1) is 12.9. The van der Waals surface area contributed by atoms with E-state index in [4.69, 9.17) is 4.74 Å². The lowest BCUT2D eigenvalue weighted by Gasteiger charge is -2.11. The molecule has 2 aromatic rings. The highest BCUT2D eigenvalue weighted by atomic mass is 16.5. The Morgan fingerprint density at radius 1 is 1.22 bits per heavy atom. The number of hydrogen-bond acceptors (Lipinski definition) is 6. The molecule has 0 saturated heterocycles. The van der Waals surface area contributed by atoms with Gasteiger partial charge in [0.25, 0.3) is 11.5 Å². The molecule has 27 heavy (non-hydrogen) atoms. The van der Waals surface area contributed by atoms with E-state index < -0.39 is 24.4 Å². The maximum atomic E-state index is 12.7. The van der Waals surface area contributed by atoms with Crippen molar-refractivity contribution in [3.63, 3.8) is 0 Å². The van der Waals surface area contributed by atoms with Gasteiger partial charge in [0.15, 0.2) is 6.61 Å². The van der Waals surface area contributed by atoms with Crippen LogP contribution in [0.5, 0.6) is 0 Å². The van der Waals surface area contributed by atoms with E-state index in [0.717, 1.165) is 18.4 Å². The Bertz CT molecular complexity index is 904. The Morgan fingerprint density at radius 2 is 1.96 bits per heavy atom. The number of rotatable bonds is 8. The highest BCUT2D eigenvalue weighted by Crippen LogP contribution is 2.12. The van der Waals surface area contributed by atoms with Crippen LogP contribution in [0.25, 0.3) is 11.0 Å². The summed E-state index contributed by atoms with van der Waals surface area (Å²) in [6.07, 6.45) is 1.85. The fraction of sp³-hybridized carbons (Fsp3) is 0.421. The van der Waals surface area contributed by atoms with Gasteiger partial charge in [-0.1, -0.05) is 25.5 Å². The molecule has 0 radical (unpaired) electrons. The van der Waals surface area contributed by atoms with Gasteiger partial charge in [-0.3, -0.25) is 24.5 Å². The Balaban J connectivity index is 2.09. The molecule has 0 aliphatic rings. The van der Waals surface area contributed by atoms with Crippen LogP contribution in [-0.4, -0.2) is 33.9 Å². The molecule has 0 saturated carbocycles. The number of amides is 2. The number of imide groups is 1. The molecule has 1 heterocycles. The summed E-state index contributed by atoms with van der Waals surface area (Å²) in [5.41, 5.74) is 1.53.